The molecule has 1 aromatic rings. The molecule has 1 nitrogen and oxygen atoms in total. The lowest BCUT2D eigenvalue weighted by atomic mass is 9.77. The van der Waals surface area contributed by atoms with Crippen molar-refractivity contribution in [1.29, 1.82) is 0 Å². The van der Waals surface area contributed by atoms with Crippen LogP contribution in [0.15, 0.2) is 18.2 Å². The number of nitrogens with two attached hydrogens (primary N) is 1. The Morgan fingerprint density at radius 2 is 2.20 bits per heavy atom. The normalized spacial score (nSPS) is 25.8. The molecule has 1 saturated heterocycles. The molecule has 1 aliphatic rings. The van der Waals surface area contributed by atoms with Crippen LogP contribution in [0.4, 0.5) is 0 Å². The average molecular weight is 221 g/mol. The summed E-state index contributed by atoms with van der Waals surface area (Å²) >= 11 is 2.04. The molecule has 1 heterocycles. The molecule has 15 heavy (non-hydrogen) atoms. The van der Waals surface area contributed by atoms with Crippen LogP contribution in [0.3, 0.4) is 0 Å². The Morgan fingerprint density at radius 3 is 2.80 bits per heavy atom. The van der Waals surface area contributed by atoms with E-state index in [9.17, 15) is 0 Å². The van der Waals surface area contributed by atoms with Gasteiger partial charge in [0, 0.05) is 17.7 Å². The largest absolute Gasteiger partial charge is 0.330 e. The van der Waals surface area contributed by atoms with Gasteiger partial charge in [0.2, 0.25) is 0 Å². The van der Waals surface area contributed by atoms with Gasteiger partial charge in [0.25, 0.3) is 0 Å². The molecule has 1 aromatic carbocycles. The SMILES string of the molecule is Cc1cccc(C2(CN)CCSC2)c1C. The van der Waals surface area contributed by atoms with Crippen LogP contribution in [0.2, 0.25) is 0 Å². The second-order valence-electron chi connectivity index (χ2n) is 4.53. The molecule has 0 saturated carbocycles. The molecule has 1 atom stereocenters. The molecular formula is C13H19NS. The highest BCUT2D eigenvalue weighted by molar-refractivity contribution is 7.99. The van der Waals surface area contributed by atoms with Gasteiger partial charge in [0.05, 0.1) is 0 Å². The smallest absolute Gasteiger partial charge is 0.0176 e. The maximum Gasteiger partial charge on any atom is 0.0176 e. The van der Waals surface area contributed by atoms with E-state index in [0.717, 1.165) is 6.54 Å². The van der Waals surface area contributed by atoms with E-state index in [2.05, 4.69) is 32.0 Å². The van der Waals surface area contributed by atoms with Crippen LogP contribution in [0.5, 0.6) is 0 Å². The van der Waals surface area contributed by atoms with Crippen molar-refractivity contribution in [1.82, 2.24) is 0 Å². The fourth-order valence-corrected chi connectivity index (χ4v) is 3.90. The summed E-state index contributed by atoms with van der Waals surface area (Å²) in [6, 6.07) is 6.62. The summed E-state index contributed by atoms with van der Waals surface area (Å²) in [4.78, 5) is 0. The summed E-state index contributed by atoms with van der Waals surface area (Å²) in [6.45, 7) is 5.19. The van der Waals surface area contributed by atoms with Crippen molar-refractivity contribution >= 4 is 11.8 Å². The number of hydrogen-bond acceptors (Lipinski definition) is 2. The van der Waals surface area contributed by atoms with Gasteiger partial charge in [-0.3, -0.25) is 0 Å². The highest BCUT2D eigenvalue weighted by atomic mass is 32.2. The first kappa shape index (κ1) is 11.0. The molecule has 2 heteroatoms. The van der Waals surface area contributed by atoms with Gasteiger partial charge in [0.15, 0.2) is 0 Å². The molecule has 0 spiro atoms. The van der Waals surface area contributed by atoms with Gasteiger partial charge < -0.3 is 5.73 Å². The van der Waals surface area contributed by atoms with Gasteiger partial charge in [-0.15, -0.1) is 0 Å². The van der Waals surface area contributed by atoms with Crippen LogP contribution in [0.25, 0.3) is 0 Å². The van der Waals surface area contributed by atoms with E-state index >= 15 is 0 Å². The maximum atomic E-state index is 6.01. The van der Waals surface area contributed by atoms with Crippen LogP contribution in [0, 0.1) is 13.8 Å². The molecule has 1 aliphatic heterocycles. The van der Waals surface area contributed by atoms with E-state index in [4.69, 9.17) is 5.73 Å². The molecule has 82 valence electrons. The van der Waals surface area contributed by atoms with Gasteiger partial charge in [0.1, 0.15) is 0 Å². The molecule has 0 aromatic heterocycles. The van der Waals surface area contributed by atoms with E-state index in [1.165, 1.54) is 34.6 Å². The topological polar surface area (TPSA) is 26.0 Å². The Balaban J connectivity index is 2.47. The first-order valence-corrected chi connectivity index (χ1v) is 6.69. The van der Waals surface area contributed by atoms with Crippen LogP contribution in [-0.2, 0) is 5.41 Å². The molecule has 1 unspecified atom stereocenters. The predicted octanol–water partition coefficient (Wildman–Crippen LogP) is 2.64. The lowest BCUT2D eigenvalue weighted by Gasteiger charge is -2.29. The fourth-order valence-electron chi connectivity index (χ4n) is 2.42. The van der Waals surface area contributed by atoms with Gasteiger partial charge in [-0.1, -0.05) is 18.2 Å². The zero-order valence-corrected chi connectivity index (χ0v) is 10.4. The van der Waals surface area contributed by atoms with Gasteiger partial charge >= 0.3 is 0 Å². The summed E-state index contributed by atoms with van der Waals surface area (Å²) in [6.07, 6.45) is 1.23. The quantitative estimate of drug-likeness (QED) is 0.831. The van der Waals surface area contributed by atoms with Crippen LogP contribution in [-0.4, -0.2) is 18.1 Å². The minimum absolute atomic E-state index is 0.251. The Labute approximate surface area is 96.4 Å². The number of rotatable bonds is 2. The molecule has 0 bridgehead atoms. The lowest BCUT2D eigenvalue weighted by molar-refractivity contribution is 0.494. The minimum atomic E-state index is 0.251. The Bertz CT molecular complexity index is 354. The van der Waals surface area contributed by atoms with Crippen LogP contribution >= 0.6 is 11.8 Å². The Kier molecular flexibility index (Phi) is 3.08. The standard InChI is InChI=1S/C13H19NS/c1-10-4-3-5-12(11(10)2)13(8-14)6-7-15-9-13/h3-5H,6-9,14H2,1-2H3. The molecular weight excluding hydrogens is 202 g/mol. The number of thioether (sulfide) groups is 1. The molecule has 2 rings (SSSR count). The van der Waals surface area contributed by atoms with Gasteiger partial charge in [-0.05, 0) is 42.7 Å². The van der Waals surface area contributed by atoms with Crippen LogP contribution in [0.1, 0.15) is 23.1 Å². The third-order valence-electron chi connectivity index (χ3n) is 3.67. The second-order valence-corrected chi connectivity index (χ2v) is 5.64. The van der Waals surface area contributed by atoms with E-state index in [1.807, 2.05) is 11.8 Å². The Hall–Kier alpha value is -0.470. The second kappa shape index (κ2) is 4.18. The van der Waals surface area contributed by atoms with E-state index in [-0.39, 0.29) is 5.41 Å². The first-order chi connectivity index (χ1) is 7.19. The van der Waals surface area contributed by atoms with Crippen LogP contribution < -0.4 is 5.73 Å². The van der Waals surface area contributed by atoms with Crippen molar-refractivity contribution in [3.05, 3.63) is 34.9 Å². The molecule has 0 amide bonds. The zero-order valence-electron chi connectivity index (χ0n) is 9.55. The molecule has 0 aliphatic carbocycles. The number of hydrogen-bond donors (Lipinski definition) is 1. The van der Waals surface area contributed by atoms with E-state index < -0.39 is 0 Å². The summed E-state index contributed by atoms with van der Waals surface area (Å²) in [5.74, 6) is 2.44. The van der Waals surface area contributed by atoms with Crippen molar-refractivity contribution in [2.45, 2.75) is 25.7 Å². The van der Waals surface area contributed by atoms with Gasteiger partial charge in [-0.2, -0.15) is 11.8 Å². The maximum absolute atomic E-state index is 6.01. The summed E-state index contributed by atoms with van der Waals surface area (Å²) in [5, 5.41) is 0. The first-order valence-electron chi connectivity index (χ1n) is 5.54. The minimum Gasteiger partial charge on any atom is -0.330 e. The summed E-state index contributed by atoms with van der Waals surface area (Å²) < 4.78 is 0. The summed E-state index contributed by atoms with van der Waals surface area (Å²) in [5.41, 5.74) is 10.6. The van der Waals surface area contributed by atoms with Crippen molar-refractivity contribution in [2.24, 2.45) is 5.73 Å². The number of aryl methyl sites for hydroxylation is 1. The molecule has 1 fully saturated rings. The molecule has 0 radical (unpaired) electrons. The third kappa shape index (κ3) is 1.81. The molecule has 2 N–H and O–H groups in total. The van der Waals surface area contributed by atoms with Gasteiger partial charge in [-0.25, -0.2) is 0 Å². The summed E-state index contributed by atoms with van der Waals surface area (Å²) in [7, 11) is 0. The Morgan fingerprint density at radius 1 is 1.40 bits per heavy atom. The van der Waals surface area contributed by atoms with Crippen molar-refractivity contribution in [2.75, 3.05) is 18.1 Å². The average Bonchev–Trinajstić information content (AvgIpc) is 2.72. The third-order valence-corrected chi connectivity index (χ3v) is 4.92. The van der Waals surface area contributed by atoms with E-state index in [1.54, 1.807) is 0 Å². The highest BCUT2D eigenvalue weighted by Gasteiger charge is 2.35. The highest BCUT2D eigenvalue weighted by Crippen LogP contribution is 2.40. The zero-order chi connectivity index (χ0) is 10.9. The lowest BCUT2D eigenvalue weighted by Crippen LogP contribution is -2.35. The fraction of sp³-hybridized carbons (Fsp3) is 0.538. The predicted molar refractivity (Wildman–Crippen MR) is 68.6 cm³/mol. The van der Waals surface area contributed by atoms with Crippen molar-refractivity contribution in [3.63, 3.8) is 0 Å². The van der Waals surface area contributed by atoms with Crippen molar-refractivity contribution in [3.8, 4) is 0 Å². The monoisotopic (exact) mass is 221 g/mol. The number of benzene rings is 1. The van der Waals surface area contributed by atoms with Crippen molar-refractivity contribution < 1.29 is 0 Å². The van der Waals surface area contributed by atoms with E-state index in [0.29, 0.717) is 0 Å².